The fourth-order valence-corrected chi connectivity index (χ4v) is 8.85. The van der Waals surface area contributed by atoms with Crippen molar-refractivity contribution in [3.63, 3.8) is 0 Å². The van der Waals surface area contributed by atoms with Crippen molar-refractivity contribution in [1.82, 2.24) is 9.55 Å². The Hall–Kier alpha value is -6.49. The summed E-state index contributed by atoms with van der Waals surface area (Å²) in [7, 11) is 0. The van der Waals surface area contributed by atoms with Crippen LogP contribution in [0.15, 0.2) is 152 Å². The molecule has 63 heavy (non-hydrogen) atoms. The van der Waals surface area contributed by atoms with E-state index in [1.54, 1.807) is 12.1 Å². The van der Waals surface area contributed by atoms with Gasteiger partial charge in [-0.15, -0.1) is 53.6 Å². The van der Waals surface area contributed by atoms with E-state index >= 15 is 0 Å². The molecule has 7 heteroatoms. The Kier molecular flexibility index (Phi) is 11.3. The molecule has 2 aromatic heterocycles. The van der Waals surface area contributed by atoms with Crippen LogP contribution >= 0.6 is 0 Å². The minimum atomic E-state index is -0.241. The van der Waals surface area contributed by atoms with Crippen molar-refractivity contribution in [3.05, 3.63) is 199 Å². The number of aryl methyl sites for hydroxylation is 2. The summed E-state index contributed by atoms with van der Waals surface area (Å²) in [6.07, 6.45) is 1.85. The van der Waals surface area contributed by atoms with Gasteiger partial charge in [-0.05, 0) is 125 Å². The summed E-state index contributed by atoms with van der Waals surface area (Å²) in [6, 6.07) is 56.5. The second kappa shape index (κ2) is 17.0. The van der Waals surface area contributed by atoms with Gasteiger partial charge in [0.1, 0.15) is 11.6 Å². The van der Waals surface area contributed by atoms with Gasteiger partial charge in [-0.2, -0.15) is 6.07 Å². The first-order valence-electron chi connectivity index (χ1n) is 21.3. The Morgan fingerprint density at radius 3 is 2.06 bits per heavy atom. The van der Waals surface area contributed by atoms with Crippen molar-refractivity contribution in [3.8, 4) is 39.6 Å². The first kappa shape index (κ1) is 41.8. The van der Waals surface area contributed by atoms with E-state index in [1.165, 1.54) is 17.2 Å². The number of hydrogen-bond donors (Lipinski definition) is 0. The van der Waals surface area contributed by atoms with Crippen molar-refractivity contribution in [2.45, 2.75) is 53.4 Å². The maximum absolute atomic E-state index is 14.5. The van der Waals surface area contributed by atoms with Gasteiger partial charge in [-0.1, -0.05) is 99.9 Å². The van der Waals surface area contributed by atoms with E-state index < -0.39 is 0 Å². The largest absolute Gasteiger partial charge is 0.509 e. The number of halogens is 1. The van der Waals surface area contributed by atoms with Gasteiger partial charge in [0.05, 0.1) is 0 Å². The summed E-state index contributed by atoms with van der Waals surface area (Å²) in [5.41, 5.74) is 14.7. The first-order chi connectivity index (χ1) is 30.1. The molecule has 1 aliphatic heterocycles. The Balaban J connectivity index is 0.00000504. The molecule has 0 radical (unpaired) electrons. The SMILES string of the molecule is Cc1ccnc(-n2c3[c-]c(Oc4[c-]c(N5[CH-]N(c6c(C(C)C)cc(-c7cccc(F)c7)cc6C(C)C)c6ccccc65)cc(-c5ccccc5C)c4)ccc3c3ccccc32)c1.[Pt]. The minimum Gasteiger partial charge on any atom is -0.509 e. The van der Waals surface area contributed by atoms with Crippen LogP contribution in [0.4, 0.5) is 27.1 Å². The van der Waals surface area contributed by atoms with Crippen LogP contribution < -0.4 is 14.5 Å². The number of fused-ring (bicyclic) bond motifs is 4. The molecular weight excluding hydrogens is 959 g/mol. The van der Waals surface area contributed by atoms with Gasteiger partial charge >= 0.3 is 0 Å². The van der Waals surface area contributed by atoms with Crippen molar-refractivity contribution < 1.29 is 30.2 Å². The average Bonchev–Trinajstić information content (AvgIpc) is 3.82. The van der Waals surface area contributed by atoms with E-state index in [-0.39, 0.29) is 38.7 Å². The second-order valence-electron chi connectivity index (χ2n) is 16.8. The molecular formula is C56H46FN4OPt-3. The summed E-state index contributed by atoms with van der Waals surface area (Å²) in [4.78, 5) is 9.31. The van der Waals surface area contributed by atoms with Crippen LogP contribution in [0, 0.1) is 38.5 Å². The van der Waals surface area contributed by atoms with Crippen LogP contribution in [0.25, 0.3) is 49.9 Å². The minimum absolute atomic E-state index is 0. The molecule has 5 nitrogen and oxygen atoms in total. The predicted octanol–water partition coefficient (Wildman–Crippen LogP) is 15.3. The van der Waals surface area contributed by atoms with Crippen LogP contribution in [-0.4, -0.2) is 9.55 Å². The van der Waals surface area contributed by atoms with Crippen molar-refractivity contribution in [2.75, 3.05) is 9.80 Å². The zero-order valence-electron chi connectivity index (χ0n) is 36.1. The van der Waals surface area contributed by atoms with Crippen molar-refractivity contribution in [2.24, 2.45) is 0 Å². The predicted molar refractivity (Wildman–Crippen MR) is 253 cm³/mol. The Bertz CT molecular complexity index is 3140. The van der Waals surface area contributed by atoms with Gasteiger partial charge in [-0.25, -0.2) is 9.37 Å². The fourth-order valence-electron chi connectivity index (χ4n) is 8.85. The molecule has 0 atom stereocenters. The van der Waals surface area contributed by atoms with Gasteiger partial charge < -0.3 is 19.1 Å². The zero-order valence-corrected chi connectivity index (χ0v) is 38.3. The molecule has 0 saturated carbocycles. The smallest absolute Gasteiger partial charge is 0.135 e. The number of hydrogen-bond acceptors (Lipinski definition) is 4. The standard InChI is InChI=1S/C56H46FN4O.Pt/c1-35(2)49-30-40(39-15-13-16-42(57)27-39)31-50(36(3)4)56(49)60-34-59(52-20-11-12-21-53(52)60)43-28-41(46-17-8-7-14-38(46)6)29-45(32-43)62-44-22-23-48-47-18-9-10-19-51(47)61(54(48)33-44)55-26-37(5)24-25-58-55;/h7-31,34-36H,1-6H3;/q-3;. The molecule has 0 aliphatic carbocycles. The summed E-state index contributed by atoms with van der Waals surface area (Å²) in [5.74, 6) is 2.12. The molecule has 10 rings (SSSR count). The average molecular weight is 1010 g/mol. The summed E-state index contributed by atoms with van der Waals surface area (Å²) in [6.45, 7) is 15.3. The van der Waals surface area contributed by atoms with Gasteiger partial charge in [0.25, 0.3) is 0 Å². The number of para-hydroxylation sites is 3. The van der Waals surface area contributed by atoms with Gasteiger partial charge in [0.15, 0.2) is 0 Å². The van der Waals surface area contributed by atoms with E-state index in [1.807, 2.05) is 24.4 Å². The zero-order chi connectivity index (χ0) is 42.6. The molecule has 7 aromatic carbocycles. The van der Waals surface area contributed by atoms with Crippen LogP contribution in [0.2, 0.25) is 0 Å². The van der Waals surface area contributed by atoms with Gasteiger partial charge in [0, 0.05) is 61.3 Å². The molecule has 0 saturated heterocycles. The van der Waals surface area contributed by atoms with E-state index in [0.29, 0.717) is 11.5 Å². The normalized spacial score (nSPS) is 12.4. The molecule has 0 bridgehead atoms. The third kappa shape index (κ3) is 7.72. The van der Waals surface area contributed by atoms with Crippen LogP contribution in [0.5, 0.6) is 11.5 Å². The maximum Gasteiger partial charge on any atom is 0.135 e. The Morgan fingerprint density at radius 1 is 0.619 bits per heavy atom. The molecule has 316 valence electrons. The van der Waals surface area contributed by atoms with Crippen LogP contribution in [-0.2, 0) is 21.1 Å². The van der Waals surface area contributed by atoms with Crippen LogP contribution in [0.1, 0.15) is 61.8 Å². The van der Waals surface area contributed by atoms with Crippen molar-refractivity contribution >= 4 is 44.6 Å². The Morgan fingerprint density at radius 2 is 1.33 bits per heavy atom. The number of pyridine rings is 1. The number of aromatic nitrogens is 2. The monoisotopic (exact) mass is 1000 g/mol. The molecule has 3 heterocycles. The number of anilines is 4. The molecule has 9 aromatic rings. The summed E-state index contributed by atoms with van der Waals surface area (Å²) in [5, 5.41) is 2.20. The molecule has 0 fully saturated rings. The second-order valence-corrected chi connectivity index (χ2v) is 16.8. The van der Waals surface area contributed by atoms with E-state index in [9.17, 15) is 4.39 Å². The molecule has 0 spiro atoms. The van der Waals surface area contributed by atoms with E-state index in [2.05, 4.69) is 184 Å². The number of nitrogens with zero attached hydrogens (tertiary/aromatic N) is 4. The van der Waals surface area contributed by atoms with E-state index in [0.717, 1.165) is 83.8 Å². The van der Waals surface area contributed by atoms with Gasteiger partial charge in [-0.3, -0.25) is 0 Å². The third-order valence-corrected chi connectivity index (χ3v) is 11.9. The topological polar surface area (TPSA) is 33.5 Å². The molecule has 0 amide bonds. The van der Waals surface area contributed by atoms with E-state index in [4.69, 9.17) is 9.72 Å². The number of rotatable bonds is 9. The number of ether oxygens (including phenoxy) is 1. The fraction of sp³-hybridized carbons (Fsp3) is 0.143. The molecule has 0 unspecified atom stereocenters. The van der Waals surface area contributed by atoms with Crippen molar-refractivity contribution in [1.29, 1.82) is 0 Å². The maximum atomic E-state index is 14.5. The summed E-state index contributed by atoms with van der Waals surface area (Å²) >= 11 is 0. The first-order valence-corrected chi connectivity index (χ1v) is 21.3. The molecule has 1 aliphatic rings. The Labute approximate surface area is 383 Å². The van der Waals surface area contributed by atoms with Crippen LogP contribution in [0.3, 0.4) is 0 Å². The number of benzene rings is 7. The summed E-state index contributed by atoms with van der Waals surface area (Å²) < 4.78 is 23.5. The molecule has 0 N–H and O–H groups in total. The van der Waals surface area contributed by atoms with Gasteiger partial charge in [0.2, 0.25) is 0 Å². The quantitative estimate of drug-likeness (QED) is 0.135. The third-order valence-electron chi connectivity index (χ3n) is 11.9.